The molecule has 0 amide bonds. The van der Waals surface area contributed by atoms with Crippen molar-refractivity contribution < 1.29 is 4.39 Å². The van der Waals surface area contributed by atoms with E-state index in [1.54, 1.807) is 4.90 Å². The molecule has 2 atom stereocenters. The molecule has 62 valence electrons. The number of likely N-dealkylation sites (tertiary alicyclic amines) is 1. The van der Waals surface area contributed by atoms with Gasteiger partial charge in [0, 0.05) is 12.6 Å². The molecule has 1 saturated heterocycles. The van der Waals surface area contributed by atoms with E-state index in [0.29, 0.717) is 18.9 Å². The Morgan fingerprint density at radius 3 is 2.64 bits per heavy atom. The molecule has 0 aromatic rings. The summed E-state index contributed by atoms with van der Waals surface area (Å²) in [7, 11) is 0. The standard InChI is InChI=1S/C9H14FN/c1-4-11-6-5-8(10)9(11)7(2)3/h1,7-9H,5-6H2,2-3H3. The normalized spacial score (nSPS) is 31.0. The summed E-state index contributed by atoms with van der Waals surface area (Å²) in [5.74, 6) is 0.309. The van der Waals surface area contributed by atoms with E-state index < -0.39 is 6.17 Å². The third-order valence-electron chi connectivity index (χ3n) is 2.23. The average molecular weight is 155 g/mol. The number of hydrogen-bond acceptors (Lipinski definition) is 1. The highest BCUT2D eigenvalue weighted by Gasteiger charge is 2.34. The first-order valence-corrected chi connectivity index (χ1v) is 4.03. The van der Waals surface area contributed by atoms with Crippen molar-refractivity contribution >= 4 is 0 Å². The fourth-order valence-corrected chi connectivity index (χ4v) is 1.71. The van der Waals surface area contributed by atoms with Gasteiger partial charge in [-0.3, -0.25) is 0 Å². The molecule has 1 fully saturated rings. The molecule has 1 nitrogen and oxygen atoms in total. The monoisotopic (exact) mass is 155 g/mol. The Morgan fingerprint density at radius 2 is 2.27 bits per heavy atom. The van der Waals surface area contributed by atoms with E-state index in [1.165, 1.54) is 0 Å². The maximum atomic E-state index is 13.1. The molecule has 2 unspecified atom stereocenters. The van der Waals surface area contributed by atoms with Gasteiger partial charge in [0.25, 0.3) is 0 Å². The van der Waals surface area contributed by atoms with E-state index in [-0.39, 0.29) is 6.04 Å². The van der Waals surface area contributed by atoms with Gasteiger partial charge in [0.1, 0.15) is 6.17 Å². The summed E-state index contributed by atoms with van der Waals surface area (Å²) in [6.07, 6.45) is 5.09. The molecular formula is C9H14FN. The lowest BCUT2D eigenvalue weighted by Gasteiger charge is -2.24. The fraction of sp³-hybridized carbons (Fsp3) is 0.778. The highest BCUT2D eigenvalue weighted by molar-refractivity contribution is 4.99. The quantitative estimate of drug-likeness (QED) is 0.520. The zero-order chi connectivity index (χ0) is 8.43. The molecule has 1 heterocycles. The van der Waals surface area contributed by atoms with Crippen LogP contribution < -0.4 is 0 Å². The van der Waals surface area contributed by atoms with E-state index in [1.807, 2.05) is 13.8 Å². The van der Waals surface area contributed by atoms with Crippen molar-refractivity contribution in [1.82, 2.24) is 4.90 Å². The second-order valence-electron chi connectivity index (χ2n) is 3.36. The summed E-state index contributed by atoms with van der Waals surface area (Å²) < 4.78 is 13.1. The molecule has 0 saturated carbocycles. The van der Waals surface area contributed by atoms with Crippen LogP contribution in [0.3, 0.4) is 0 Å². The zero-order valence-electron chi connectivity index (χ0n) is 7.05. The van der Waals surface area contributed by atoms with E-state index >= 15 is 0 Å². The van der Waals surface area contributed by atoms with Crippen molar-refractivity contribution in [3.63, 3.8) is 0 Å². The van der Waals surface area contributed by atoms with Crippen LogP contribution in [0.5, 0.6) is 0 Å². The topological polar surface area (TPSA) is 3.24 Å². The second kappa shape index (κ2) is 3.13. The molecule has 0 aliphatic carbocycles. The molecule has 0 radical (unpaired) electrons. The first-order chi connectivity index (χ1) is 5.16. The lowest BCUT2D eigenvalue weighted by atomic mass is 10.0. The van der Waals surface area contributed by atoms with E-state index in [0.717, 1.165) is 0 Å². The number of terminal acetylenes is 1. The van der Waals surface area contributed by atoms with Gasteiger partial charge in [-0.2, -0.15) is 0 Å². The largest absolute Gasteiger partial charge is 0.327 e. The van der Waals surface area contributed by atoms with E-state index in [9.17, 15) is 4.39 Å². The second-order valence-corrected chi connectivity index (χ2v) is 3.36. The van der Waals surface area contributed by atoms with Crippen molar-refractivity contribution in [2.24, 2.45) is 5.92 Å². The Kier molecular flexibility index (Phi) is 2.38. The summed E-state index contributed by atoms with van der Waals surface area (Å²) in [5.41, 5.74) is 0. The van der Waals surface area contributed by atoms with Crippen LogP contribution in [-0.2, 0) is 0 Å². The minimum atomic E-state index is -0.731. The first kappa shape index (κ1) is 8.39. The Balaban J connectivity index is 2.65. The molecule has 11 heavy (non-hydrogen) atoms. The molecule has 0 N–H and O–H groups in total. The number of nitrogens with zero attached hydrogens (tertiary/aromatic N) is 1. The van der Waals surface area contributed by atoms with Crippen LogP contribution in [0.4, 0.5) is 4.39 Å². The Hall–Kier alpha value is -0.710. The van der Waals surface area contributed by atoms with Gasteiger partial charge in [0.05, 0.1) is 6.04 Å². The van der Waals surface area contributed by atoms with Crippen molar-refractivity contribution in [3.05, 3.63) is 0 Å². The van der Waals surface area contributed by atoms with Crippen molar-refractivity contribution in [2.45, 2.75) is 32.5 Å². The summed E-state index contributed by atoms with van der Waals surface area (Å²) >= 11 is 0. The summed E-state index contributed by atoms with van der Waals surface area (Å²) in [4.78, 5) is 1.77. The van der Waals surface area contributed by atoms with Gasteiger partial charge in [-0.1, -0.05) is 20.3 Å². The van der Waals surface area contributed by atoms with Crippen LogP contribution in [0, 0.1) is 18.4 Å². The minimum Gasteiger partial charge on any atom is -0.327 e. The number of alkyl halides is 1. The maximum absolute atomic E-state index is 13.1. The zero-order valence-corrected chi connectivity index (χ0v) is 7.05. The van der Waals surface area contributed by atoms with Crippen molar-refractivity contribution in [1.29, 1.82) is 0 Å². The van der Waals surface area contributed by atoms with Crippen LogP contribution in [-0.4, -0.2) is 23.7 Å². The van der Waals surface area contributed by atoms with Crippen LogP contribution in [0.15, 0.2) is 0 Å². The van der Waals surface area contributed by atoms with Gasteiger partial charge in [0.2, 0.25) is 0 Å². The van der Waals surface area contributed by atoms with Crippen LogP contribution in [0.2, 0.25) is 0 Å². The minimum absolute atomic E-state index is 0.0556. The van der Waals surface area contributed by atoms with Gasteiger partial charge < -0.3 is 4.90 Å². The van der Waals surface area contributed by atoms with Crippen LogP contribution >= 0.6 is 0 Å². The lowest BCUT2D eigenvalue weighted by Crippen LogP contribution is -2.34. The first-order valence-electron chi connectivity index (χ1n) is 4.03. The molecule has 2 heteroatoms. The molecule has 1 aliphatic heterocycles. The average Bonchev–Trinajstić information content (AvgIpc) is 2.30. The summed E-state index contributed by atoms with van der Waals surface area (Å²) in [6, 6.07) is 2.46. The Morgan fingerprint density at radius 1 is 1.64 bits per heavy atom. The predicted octanol–water partition coefficient (Wildman–Crippen LogP) is 1.65. The Bertz CT molecular complexity index is 171. The van der Waals surface area contributed by atoms with Gasteiger partial charge in [0.15, 0.2) is 0 Å². The highest BCUT2D eigenvalue weighted by Crippen LogP contribution is 2.25. The third-order valence-corrected chi connectivity index (χ3v) is 2.23. The SMILES string of the molecule is C#CN1CCC(F)C1C(C)C. The molecule has 0 spiro atoms. The molecule has 0 bridgehead atoms. The highest BCUT2D eigenvalue weighted by atomic mass is 19.1. The Labute approximate surface area is 67.6 Å². The van der Waals surface area contributed by atoms with E-state index in [4.69, 9.17) is 6.42 Å². The van der Waals surface area contributed by atoms with Crippen LogP contribution in [0.1, 0.15) is 20.3 Å². The predicted molar refractivity (Wildman–Crippen MR) is 43.7 cm³/mol. The van der Waals surface area contributed by atoms with E-state index in [2.05, 4.69) is 6.04 Å². The number of halogens is 1. The molecule has 1 rings (SSSR count). The van der Waals surface area contributed by atoms with Crippen LogP contribution in [0.25, 0.3) is 0 Å². The number of hydrogen-bond donors (Lipinski definition) is 0. The van der Waals surface area contributed by atoms with Gasteiger partial charge in [-0.15, -0.1) is 0 Å². The van der Waals surface area contributed by atoms with Gasteiger partial charge >= 0.3 is 0 Å². The van der Waals surface area contributed by atoms with Crippen molar-refractivity contribution in [2.75, 3.05) is 6.54 Å². The van der Waals surface area contributed by atoms with Crippen molar-refractivity contribution in [3.8, 4) is 12.5 Å². The molecule has 0 aromatic heterocycles. The molecule has 0 aromatic carbocycles. The smallest absolute Gasteiger partial charge is 0.123 e. The fourth-order valence-electron chi connectivity index (χ4n) is 1.71. The molecule has 1 aliphatic rings. The lowest BCUT2D eigenvalue weighted by molar-refractivity contribution is 0.198. The third kappa shape index (κ3) is 1.48. The number of rotatable bonds is 1. The summed E-state index contributed by atoms with van der Waals surface area (Å²) in [5, 5.41) is 0. The summed E-state index contributed by atoms with van der Waals surface area (Å²) in [6.45, 7) is 4.72. The maximum Gasteiger partial charge on any atom is 0.123 e. The molecular weight excluding hydrogens is 141 g/mol. The van der Waals surface area contributed by atoms with Gasteiger partial charge in [-0.25, -0.2) is 4.39 Å². The van der Waals surface area contributed by atoms with Gasteiger partial charge in [-0.05, 0) is 12.3 Å².